The third-order valence-corrected chi connectivity index (χ3v) is 2.90. The number of nitrogens with one attached hydrogen (secondary N) is 2. The van der Waals surface area contributed by atoms with Crippen molar-refractivity contribution in [1.29, 1.82) is 0 Å². The lowest BCUT2D eigenvalue weighted by atomic mass is 9.94. The molecule has 0 radical (unpaired) electrons. The SMILES string of the molecule is Nc1n[nH]c(C2NCCc3ccccc32)n1. The second-order valence-corrected chi connectivity index (χ2v) is 3.91. The minimum Gasteiger partial charge on any atom is -0.367 e. The molecular formula is C11H13N5. The first-order chi connectivity index (χ1) is 7.84. The van der Waals surface area contributed by atoms with Crippen molar-refractivity contribution in [2.75, 3.05) is 12.3 Å². The maximum atomic E-state index is 5.52. The summed E-state index contributed by atoms with van der Waals surface area (Å²) < 4.78 is 0. The van der Waals surface area contributed by atoms with Gasteiger partial charge in [0.1, 0.15) is 5.82 Å². The van der Waals surface area contributed by atoms with Crippen LogP contribution in [0.3, 0.4) is 0 Å². The first kappa shape index (κ1) is 9.35. The van der Waals surface area contributed by atoms with E-state index in [1.807, 2.05) is 6.07 Å². The molecule has 4 N–H and O–H groups in total. The number of aromatic nitrogens is 3. The number of fused-ring (bicyclic) bond motifs is 1. The minimum absolute atomic E-state index is 0.0785. The third kappa shape index (κ3) is 1.45. The Bertz CT molecular complexity index is 505. The van der Waals surface area contributed by atoms with Crippen molar-refractivity contribution in [1.82, 2.24) is 20.5 Å². The quantitative estimate of drug-likeness (QED) is 0.651. The van der Waals surface area contributed by atoms with Crippen LogP contribution in [-0.2, 0) is 6.42 Å². The molecule has 0 saturated carbocycles. The molecule has 1 atom stereocenters. The fraction of sp³-hybridized carbons (Fsp3) is 0.273. The van der Waals surface area contributed by atoms with Gasteiger partial charge in [-0.05, 0) is 17.5 Å². The predicted molar refractivity (Wildman–Crippen MR) is 60.8 cm³/mol. The van der Waals surface area contributed by atoms with E-state index in [1.54, 1.807) is 0 Å². The molecule has 1 unspecified atom stereocenters. The number of nitrogens with two attached hydrogens (primary N) is 1. The van der Waals surface area contributed by atoms with Gasteiger partial charge in [-0.15, -0.1) is 5.10 Å². The summed E-state index contributed by atoms with van der Waals surface area (Å²) in [5.74, 6) is 1.07. The molecule has 0 aliphatic carbocycles. The Labute approximate surface area is 93.1 Å². The van der Waals surface area contributed by atoms with E-state index < -0.39 is 0 Å². The summed E-state index contributed by atoms with van der Waals surface area (Å²) in [6.07, 6.45) is 1.05. The molecule has 3 rings (SSSR count). The molecule has 2 aromatic rings. The highest BCUT2D eigenvalue weighted by Crippen LogP contribution is 2.26. The third-order valence-electron chi connectivity index (χ3n) is 2.90. The molecule has 0 amide bonds. The van der Waals surface area contributed by atoms with E-state index in [1.165, 1.54) is 11.1 Å². The molecule has 16 heavy (non-hydrogen) atoms. The fourth-order valence-electron chi connectivity index (χ4n) is 2.17. The summed E-state index contributed by atoms with van der Waals surface area (Å²) in [5.41, 5.74) is 8.14. The van der Waals surface area contributed by atoms with E-state index in [-0.39, 0.29) is 6.04 Å². The number of hydrogen-bond acceptors (Lipinski definition) is 4. The van der Waals surface area contributed by atoms with Crippen LogP contribution in [0.2, 0.25) is 0 Å². The van der Waals surface area contributed by atoms with Crippen LogP contribution in [0.4, 0.5) is 5.95 Å². The lowest BCUT2D eigenvalue weighted by Gasteiger charge is -2.24. The largest absolute Gasteiger partial charge is 0.367 e. The van der Waals surface area contributed by atoms with Gasteiger partial charge in [0.15, 0.2) is 0 Å². The zero-order valence-electron chi connectivity index (χ0n) is 8.77. The molecule has 1 aliphatic rings. The maximum Gasteiger partial charge on any atom is 0.239 e. The van der Waals surface area contributed by atoms with Crippen LogP contribution in [0.25, 0.3) is 0 Å². The van der Waals surface area contributed by atoms with E-state index in [9.17, 15) is 0 Å². The molecule has 5 nitrogen and oxygen atoms in total. The predicted octanol–water partition coefficient (Wildman–Crippen LogP) is 0.622. The molecule has 0 saturated heterocycles. The Hall–Kier alpha value is -1.88. The Morgan fingerprint density at radius 2 is 2.19 bits per heavy atom. The number of aromatic amines is 1. The van der Waals surface area contributed by atoms with Gasteiger partial charge in [0.2, 0.25) is 5.95 Å². The Morgan fingerprint density at radius 1 is 1.31 bits per heavy atom. The van der Waals surface area contributed by atoms with Gasteiger partial charge in [-0.25, -0.2) is 0 Å². The number of anilines is 1. The van der Waals surface area contributed by atoms with Crippen molar-refractivity contribution >= 4 is 5.95 Å². The topological polar surface area (TPSA) is 79.6 Å². The Morgan fingerprint density at radius 3 is 3.00 bits per heavy atom. The van der Waals surface area contributed by atoms with Gasteiger partial charge in [-0.1, -0.05) is 24.3 Å². The van der Waals surface area contributed by atoms with Crippen LogP contribution in [-0.4, -0.2) is 21.7 Å². The van der Waals surface area contributed by atoms with Gasteiger partial charge in [-0.2, -0.15) is 4.98 Å². The van der Waals surface area contributed by atoms with E-state index in [2.05, 4.69) is 38.7 Å². The normalized spacial score (nSPS) is 19.4. The van der Waals surface area contributed by atoms with Crippen molar-refractivity contribution in [3.8, 4) is 0 Å². The number of nitrogens with zero attached hydrogens (tertiary/aromatic N) is 2. The Kier molecular flexibility index (Phi) is 2.11. The molecule has 1 aliphatic heterocycles. The highest BCUT2D eigenvalue weighted by atomic mass is 15.3. The summed E-state index contributed by atoms with van der Waals surface area (Å²) in [4.78, 5) is 4.18. The van der Waals surface area contributed by atoms with Crippen molar-refractivity contribution in [3.05, 3.63) is 41.2 Å². The standard InChI is InChI=1S/C11H13N5/c12-11-14-10(15-16-11)9-8-4-2-1-3-7(8)5-6-13-9/h1-4,9,13H,5-6H2,(H3,12,14,15,16). The summed E-state index contributed by atoms with van der Waals surface area (Å²) in [6.45, 7) is 0.947. The highest BCUT2D eigenvalue weighted by Gasteiger charge is 2.23. The summed E-state index contributed by atoms with van der Waals surface area (Å²) in [5, 5.41) is 10.1. The number of nitrogen functional groups attached to an aromatic ring is 1. The first-order valence-corrected chi connectivity index (χ1v) is 5.33. The Balaban J connectivity index is 2.04. The molecule has 2 heterocycles. The van der Waals surface area contributed by atoms with Gasteiger partial charge in [-0.3, -0.25) is 5.10 Å². The molecule has 82 valence electrons. The van der Waals surface area contributed by atoms with E-state index in [0.717, 1.165) is 18.8 Å². The van der Waals surface area contributed by atoms with Gasteiger partial charge in [0, 0.05) is 6.54 Å². The van der Waals surface area contributed by atoms with Gasteiger partial charge in [0.05, 0.1) is 6.04 Å². The average molecular weight is 215 g/mol. The number of H-pyrrole nitrogens is 1. The minimum atomic E-state index is 0.0785. The lowest BCUT2D eigenvalue weighted by Crippen LogP contribution is -2.31. The van der Waals surface area contributed by atoms with Gasteiger partial charge in [0.25, 0.3) is 0 Å². The molecule has 0 bridgehead atoms. The fourth-order valence-corrected chi connectivity index (χ4v) is 2.17. The molecule has 5 heteroatoms. The first-order valence-electron chi connectivity index (χ1n) is 5.33. The molecular weight excluding hydrogens is 202 g/mol. The lowest BCUT2D eigenvalue weighted by molar-refractivity contribution is 0.545. The molecule has 1 aromatic carbocycles. The van der Waals surface area contributed by atoms with E-state index in [0.29, 0.717) is 5.95 Å². The van der Waals surface area contributed by atoms with Crippen molar-refractivity contribution in [3.63, 3.8) is 0 Å². The summed E-state index contributed by atoms with van der Waals surface area (Å²) in [7, 11) is 0. The van der Waals surface area contributed by atoms with Crippen LogP contribution < -0.4 is 11.1 Å². The van der Waals surface area contributed by atoms with Crippen molar-refractivity contribution in [2.45, 2.75) is 12.5 Å². The molecule has 0 fully saturated rings. The van der Waals surface area contributed by atoms with Crippen LogP contribution >= 0.6 is 0 Å². The number of hydrogen-bond donors (Lipinski definition) is 3. The average Bonchev–Trinajstić information content (AvgIpc) is 2.75. The monoisotopic (exact) mass is 215 g/mol. The van der Waals surface area contributed by atoms with Crippen LogP contribution in [0, 0.1) is 0 Å². The zero-order valence-corrected chi connectivity index (χ0v) is 8.77. The second kappa shape index (κ2) is 3.61. The summed E-state index contributed by atoms with van der Waals surface area (Å²) in [6, 6.07) is 8.46. The van der Waals surface area contributed by atoms with Crippen molar-refractivity contribution < 1.29 is 0 Å². The van der Waals surface area contributed by atoms with E-state index in [4.69, 9.17) is 5.73 Å². The maximum absolute atomic E-state index is 5.52. The van der Waals surface area contributed by atoms with Gasteiger partial charge >= 0.3 is 0 Å². The van der Waals surface area contributed by atoms with Crippen molar-refractivity contribution in [2.24, 2.45) is 0 Å². The molecule has 1 aromatic heterocycles. The van der Waals surface area contributed by atoms with Crippen LogP contribution in [0.5, 0.6) is 0 Å². The summed E-state index contributed by atoms with van der Waals surface area (Å²) >= 11 is 0. The number of rotatable bonds is 1. The smallest absolute Gasteiger partial charge is 0.239 e. The zero-order chi connectivity index (χ0) is 11.0. The second-order valence-electron chi connectivity index (χ2n) is 3.91. The molecule has 0 spiro atoms. The number of benzene rings is 1. The van der Waals surface area contributed by atoms with Crippen LogP contribution in [0.1, 0.15) is 23.0 Å². The van der Waals surface area contributed by atoms with Gasteiger partial charge < -0.3 is 11.1 Å². The highest BCUT2D eigenvalue weighted by molar-refractivity contribution is 5.36. The van der Waals surface area contributed by atoms with E-state index >= 15 is 0 Å². The van der Waals surface area contributed by atoms with Crippen LogP contribution in [0.15, 0.2) is 24.3 Å².